The Morgan fingerprint density at radius 3 is 2.30 bits per heavy atom. The van der Waals surface area contributed by atoms with Gasteiger partial charge in [-0.25, -0.2) is 8.42 Å². The maximum absolute atomic E-state index is 14.0. The van der Waals surface area contributed by atoms with Gasteiger partial charge in [-0.15, -0.1) is 11.8 Å². The molecule has 8 nitrogen and oxygen atoms in total. The Kier molecular flexibility index (Phi) is 11.0. The molecule has 0 bridgehead atoms. The Labute approximate surface area is 241 Å². The number of ether oxygens (including phenoxy) is 1. The van der Waals surface area contributed by atoms with Crippen molar-refractivity contribution < 1.29 is 22.7 Å². The van der Waals surface area contributed by atoms with Crippen LogP contribution in [0, 0.1) is 6.92 Å². The zero-order valence-electron chi connectivity index (χ0n) is 23.6. The highest BCUT2D eigenvalue weighted by Crippen LogP contribution is 2.27. The molecule has 0 radical (unpaired) electrons. The first-order valence-electron chi connectivity index (χ1n) is 13.0. The van der Waals surface area contributed by atoms with Gasteiger partial charge in [0.2, 0.25) is 11.8 Å². The van der Waals surface area contributed by atoms with E-state index in [1.54, 1.807) is 80.8 Å². The van der Waals surface area contributed by atoms with Gasteiger partial charge in [0.25, 0.3) is 10.0 Å². The van der Waals surface area contributed by atoms with Crippen LogP contribution in [0.15, 0.2) is 82.6 Å². The van der Waals surface area contributed by atoms with Crippen molar-refractivity contribution in [1.82, 2.24) is 10.2 Å². The maximum atomic E-state index is 14.0. The summed E-state index contributed by atoms with van der Waals surface area (Å²) in [6.07, 6.45) is 2.66. The Balaban J connectivity index is 2.02. The van der Waals surface area contributed by atoms with Crippen molar-refractivity contribution in [2.45, 2.75) is 49.6 Å². The minimum atomic E-state index is -4.11. The number of sulfonamides is 1. The maximum Gasteiger partial charge on any atom is 0.264 e. The third kappa shape index (κ3) is 7.79. The molecule has 0 fully saturated rings. The average Bonchev–Trinajstić information content (AvgIpc) is 2.97. The van der Waals surface area contributed by atoms with Gasteiger partial charge in [0.15, 0.2) is 0 Å². The molecular formula is C30H37N3O5S2. The van der Waals surface area contributed by atoms with Crippen molar-refractivity contribution in [3.8, 4) is 5.75 Å². The molecule has 2 amide bonds. The molecule has 0 heterocycles. The third-order valence-electron chi connectivity index (χ3n) is 6.45. The van der Waals surface area contributed by atoms with Crippen LogP contribution in [0.2, 0.25) is 0 Å². The first kappa shape index (κ1) is 31.0. The van der Waals surface area contributed by atoms with Crippen molar-refractivity contribution in [3.63, 3.8) is 0 Å². The SMILES string of the molecule is CCCNC(=O)[C@H](C)N(Cc1cccc(OC)c1)C(=O)CN(c1ccc(C)cc1)S(=O)(=O)c1ccc(SC)cc1. The van der Waals surface area contributed by atoms with E-state index in [-0.39, 0.29) is 17.3 Å². The van der Waals surface area contributed by atoms with Crippen LogP contribution in [0.25, 0.3) is 0 Å². The fourth-order valence-electron chi connectivity index (χ4n) is 4.06. The highest BCUT2D eigenvalue weighted by molar-refractivity contribution is 7.98. The molecule has 0 aliphatic heterocycles. The van der Waals surface area contributed by atoms with E-state index in [2.05, 4.69) is 5.32 Å². The lowest BCUT2D eigenvalue weighted by Crippen LogP contribution is -2.51. The second-order valence-corrected chi connectivity index (χ2v) is 12.1. The lowest BCUT2D eigenvalue weighted by atomic mass is 10.1. The number of thioether (sulfide) groups is 1. The number of amides is 2. The smallest absolute Gasteiger partial charge is 0.264 e. The van der Waals surface area contributed by atoms with Crippen molar-refractivity contribution in [3.05, 3.63) is 83.9 Å². The monoisotopic (exact) mass is 583 g/mol. The largest absolute Gasteiger partial charge is 0.497 e. The molecule has 0 aromatic heterocycles. The zero-order chi connectivity index (χ0) is 29.3. The number of rotatable bonds is 13. The van der Waals surface area contributed by atoms with Crippen LogP contribution in [-0.2, 0) is 26.2 Å². The first-order chi connectivity index (χ1) is 19.1. The molecule has 3 aromatic carbocycles. The molecule has 10 heteroatoms. The standard InChI is InChI=1S/C30H37N3O5S2/c1-6-18-31-30(35)23(3)32(20-24-8-7-9-26(19-24)38-4)29(34)21-33(25-12-10-22(2)11-13-25)40(36,37)28-16-14-27(39-5)15-17-28/h7-17,19,23H,6,18,20-21H2,1-5H3,(H,31,35)/t23-/m0/s1. The topological polar surface area (TPSA) is 96.0 Å². The van der Waals surface area contributed by atoms with Crippen molar-refractivity contribution in [2.75, 3.05) is 30.8 Å². The second-order valence-electron chi connectivity index (χ2n) is 9.36. The van der Waals surface area contributed by atoms with Crippen LogP contribution in [0.4, 0.5) is 5.69 Å². The molecule has 0 saturated carbocycles. The Morgan fingerprint density at radius 1 is 1.02 bits per heavy atom. The van der Waals surface area contributed by atoms with Crippen LogP contribution in [0.3, 0.4) is 0 Å². The number of nitrogens with one attached hydrogen (secondary N) is 1. The van der Waals surface area contributed by atoms with E-state index in [9.17, 15) is 18.0 Å². The Hall–Kier alpha value is -3.50. The van der Waals surface area contributed by atoms with E-state index < -0.39 is 28.5 Å². The van der Waals surface area contributed by atoms with Crippen LogP contribution in [0.5, 0.6) is 5.75 Å². The molecular weight excluding hydrogens is 546 g/mol. The van der Waals surface area contributed by atoms with Gasteiger partial charge in [0, 0.05) is 18.0 Å². The first-order valence-corrected chi connectivity index (χ1v) is 15.7. The van der Waals surface area contributed by atoms with Gasteiger partial charge in [-0.05, 0) is 80.6 Å². The summed E-state index contributed by atoms with van der Waals surface area (Å²) in [6, 6.07) is 19.9. The lowest BCUT2D eigenvalue weighted by molar-refractivity contribution is -0.139. The number of hydrogen-bond acceptors (Lipinski definition) is 6. The molecule has 214 valence electrons. The minimum Gasteiger partial charge on any atom is -0.497 e. The summed E-state index contributed by atoms with van der Waals surface area (Å²) in [5, 5.41) is 2.84. The fraction of sp³-hybridized carbons (Fsp3) is 0.333. The van der Waals surface area contributed by atoms with E-state index in [0.717, 1.165) is 26.7 Å². The number of carbonyl (C=O) groups excluding carboxylic acids is 2. The molecule has 3 rings (SSSR count). The molecule has 1 N–H and O–H groups in total. The molecule has 0 aliphatic rings. The number of nitrogens with zero attached hydrogens (tertiary/aromatic N) is 2. The zero-order valence-corrected chi connectivity index (χ0v) is 25.2. The number of anilines is 1. The molecule has 40 heavy (non-hydrogen) atoms. The minimum absolute atomic E-state index is 0.0757. The summed E-state index contributed by atoms with van der Waals surface area (Å²) in [4.78, 5) is 29.3. The summed E-state index contributed by atoms with van der Waals surface area (Å²) in [5.41, 5.74) is 2.06. The summed E-state index contributed by atoms with van der Waals surface area (Å²) in [5.74, 6) is -0.201. The molecule has 0 saturated heterocycles. The van der Waals surface area contributed by atoms with Crippen LogP contribution < -0.4 is 14.4 Å². The predicted octanol–water partition coefficient (Wildman–Crippen LogP) is 4.86. The van der Waals surface area contributed by atoms with Crippen LogP contribution in [-0.4, -0.2) is 57.6 Å². The average molecular weight is 584 g/mol. The fourth-order valence-corrected chi connectivity index (χ4v) is 5.88. The highest BCUT2D eigenvalue weighted by Gasteiger charge is 2.32. The van der Waals surface area contributed by atoms with E-state index in [1.165, 1.54) is 16.7 Å². The Morgan fingerprint density at radius 2 is 1.70 bits per heavy atom. The second kappa shape index (κ2) is 14.2. The summed E-state index contributed by atoms with van der Waals surface area (Å²) >= 11 is 1.51. The number of aryl methyl sites for hydroxylation is 1. The van der Waals surface area contributed by atoms with Crippen molar-refractivity contribution >= 4 is 39.3 Å². The predicted molar refractivity (Wildman–Crippen MR) is 160 cm³/mol. The third-order valence-corrected chi connectivity index (χ3v) is 8.98. The van der Waals surface area contributed by atoms with Crippen molar-refractivity contribution in [2.24, 2.45) is 0 Å². The summed E-state index contributed by atoms with van der Waals surface area (Å²) in [6.45, 7) is 5.59. The van der Waals surface area contributed by atoms with Crippen LogP contribution >= 0.6 is 11.8 Å². The molecule has 0 spiro atoms. The van der Waals surface area contributed by atoms with Gasteiger partial charge < -0.3 is 15.0 Å². The quantitative estimate of drug-likeness (QED) is 0.289. The van der Waals surface area contributed by atoms with E-state index in [4.69, 9.17) is 4.74 Å². The number of methoxy groups -OCH3 is 1. The van der Waals surface area contributed by atoms with Crippen molar-refractivity contribution in [1.29, 1.82) is 0 Å². The van der Waals surface area contributed by atoms with Gasteiger partial charge in [-0.3, -0.25) is 13.9 Å². The van der Waals surface area contributed by atoms with Gasteiger partial charge in [-0.1, -0.05) is 36.8 Å². The molecule has 0 unspecified atom stereocenters. The Bertz CT molecular complexity index is 1390. The van der Waals surface area contributed by atoms with Gasteiger partial charge in [-0.2, -0.15) is 0 Å². The van der Waals surface area contributed by atoms with E-state index >= 15 is 0 Å². The lowest BCUT2D eigenvalue weighted by Gasteiger charge is -2.32. The number of hydrogen-bond donors (Lipinski definition) is 1. The number of carbonyl (C=O) groups is 2. The molecule has 3 aromatic rings. The van der Waals surface area contributed by atoms with Gasteiger partial charge in [0.1, 0.15) is 18.3 Å². The highest BCUT2D eigenvalue weighted by atomic mass is 32.2. The van der Waals surface area contributed by atoms with E-state index in [0.29, 0.717) is 18.0 Å². The van der Waals surface area contributed by atoms with Gasteiger partial charge in [0.05, 0.1) is 17.7 Å². The van der Waals surface area contributed by atoms with Crippen LogP contribution in [0.1, 0.15) is 31.4 Å². The summed E-state index contributed by atoms with van der Waals surface area (Å²) in [7, 11) is -2.55. The van der Waals surface area contributed by atoms with Gasteiger partial charge >= 0.3 is 0 Å². The summed E-state index contributed by atoms with van der Waals surface area (Å²) < 4.78 is 34.3. The van der Waals surface area contributed by atoms with E-state index in [1.807, 2.05) is 26.2 Å². The number of benzene rings is 3. The molecule has 1 atom stereocenters. The normalized spacial score (nSPS) is 11.9. The molecule has 0 aliphatic carbocycles.